The fourth-order valence-corrected chi connectivity index (χ4v) is 5.34. The van der Waals surface area contributed by atoms with Crippen LogP contribution in [-0.2, 0) is 16.0 Å². The standard InChI is InChI=1S/C28H28N2O5S/c1-5-11-19-14-17(15-21(25(19)31)35-7-3)16-22-26(32)30-24(18-12-9-8-10-13-18)23(27(33)34-4)20(6-2)29-28(30)36-22/h5,8-10,12-16,24,31H,1,6-7,11H2,2-4H3/b22-16-/t24-/m1/s1. The average Bonchev–Trinajstić information content (AvgIpc) is 3.20. The highest BCUT2D eigenvalue weighted by molar-refractivity contribution is 7.07. The summed E-state index contributed by atoms with van der Waals surface area (Å²) in [6, 6.07) is 12.3. The average molecular weight is 505 g/mol. The van der Waals surface area contributed by atoms with Crippen molar-refractivity contribution in [1.82, 2.24) is 4.57 Å². The van der Waals surface area contributed by atoms with Crippen LogP contribution >= 0.6 is 11.3 Å². The zero-order valence-corrected chi connectivity index (χ0v) is 21.3. The fourth-order valence-electron chi connectivity index (χ4n) is 4.32. The number of fused-ring (bicyclic) bond motifs is 1. The number of aromatic hydroxyl groups is 1. The zero-order valence-electron chi connectivity index (χ0n) is 20.5. The van der Waals surface area contributed by atoms with Gasteiger partial charge in [-0.3, -0.25) is 9.36 Å². The van der Waals surface area contributed by atoms with Crippen LogP contribution in [0, 0.1) is 0 Å². The van der Waals surface area contributed by atoms with Crippen molar-refractivity contribution in [3.8, 4) is 11.5 Å². The minimum atomic E-state index is -0.651. The molecule has 0 unspecified atom stereocenters. The maximum absolute atomic E-state index is 13.8. The van der Waals surface area contributed by atoms with Gasteiger partial charge in [0.1, 0.15) is 0 Å². The number of methoxy groups -OCH3 is 1. The summed E-state index contributed by atoms with van der Waals surface area (Å²) < 4.78 is 12.7. The quantitative estimate of drug-likeness (QED) is 0.374. The molecule has 7 nitrogen and oxygen atoms in total. The minimum absolute atomic E-state index is 0.0646. The van der Waals surface area contributed by atoms with Gasteiger partial charge < -0.3 is 14.6 Å². The number of phenols is 1. The highest BCUT2D eigenvalue weighted by Crippen LogP contribution is 2.33. The lowest BCUT2D eigenvalue weighted by atomic mass is 9.95. The first-order chi connectivity index (χ1) is 17.4. The Bertz CT molecular complexity index is 1520. The number of ether oxygens (including phenoxy) is 2. The summed E-state index contributed by atoms with van der Waals surface area (Å²) in [7, 11) is 1.33. The number of carbonyl (C=O) groups excluding carboxylic acids is 1. The second-order valence-electron chi connectivity index (χ2n) is 8.15. The van der Waals surface area contributed by atoms with E-state index in [1.165, 1.54) is 18.4 Å². The molecule has 0 radical (unpaired) electrons. The Labute approximate surface area is 213 Å². The van der Waals surface area contributed by atoms with E-state index < -0.39 is 12.0 Å². The molecule has 1 atom stereocenters. The largest absolute Gasteiger partial charge is 0.504 e. The number of phenolic OH excluding ortho intramolecular Hbond substituents is 1. The van der Waals surface area contributed by atoms with Crippen molar-refractivity contribution in [3.63, 3.8) is 0 Å². The van der Waals surface area contributed by atoms with Gasteiger partial charge in [0.05, 0.1) is 35.6 Å². The van der Waals surface area contributed by atoms with E-state index in [0.29, 0.717) is 56.9 Å². The fraction of sp³-hybridized carbons (Fsp3) is 0.250. The van der Waals surface area contributed by atoms with Crippen LogP contribution in [0.15, 0.2) is 76.2 Å². The first kappa shape index (κ1) is 25.2. The Kier molecular flexibility index (Phi) is 7.55. The van der Waals surface area contributed by atoms with E-state index in [4.69, 9.17) is 9.47 Å². The van der Waals surface area contributed by atoms with E-state index in [9.17, 15) is 14.7 Å². The SMILES string of the molecule is C=CCc1cc(/C=c2\sc3n(c2=O)[C@H](c2ccccc2)C(C(=O)OC)=C(CC)N=3)cc(OCC)c1O. The molecule has 0 aliphatic carbocycles. The van der Waals surface area contributed by atoms with Gasteiger partial charge in [0.15, 0.2) is 16.3 Å². The molecular formula is C28H28N2O5S. The van der Waals surface area contributed by atoms with Crippen LogP contribution in [-0.4, -0.2) is 29.4 Å². The van der Waals surface area contributed by atoms with Gasteiger partial charge in [0, 0.05) is 5.56 Å². The lowest BCUT2D eigenvalue weighted by molar-refractivity contribution is -0.136. The molecule has 0 saturated heterocycles. The molecule has 4 rings (SSSR count). The molecule has 2 aromatic carbocycles. The lowest BCUT2D eigenvalue weighted by Gasteiger charge is -2.25. The lowest BCUT2D eigenvalue weighted by Crippen LogP contribution is -2.40. The monoisotopic (exact) mass is 504 g/mol. The highest BCUT2D eigenvalue weighted by atomic mass is 32.1. The van der Waals surface area contributed by atoms with E-state index in [1.807, 2.05) is 50.2 Å². The van der Waals surface area contributed by atoms with E-state index >= 15 is 0 Å². The molecule has 8 heteroatoms. The summed E-state index contributed by atoms with van der Waals surface area (Å²) in [5.74, 6) is -0.0956. The third kappa shape index (κ3) is 4.64. The third-order valence-corrected chi connectivity index (χ3v) is 6.89. The Balaban J connectivity index is 1.97. The summed E-state index contributed by atoms with van der Waals surface area (Å²) in [6.07, 6.45) is 4.42. The predicted octanol–water partition coefficient (Wildman–Crippen LogP) is 3.63. The minimum Gasteiger partial charge on any atom is -0.504 e. The van der Waals surface area contributed by atoms with Crippen LogP contribution in [0.4, 0.5) is 0 Å². The van der Waals surface area contributed by atoms with E-state index in [-0.39, 0.29) is 11.3 Å². The van der Waals surface area contributed by atoms with Crippen LogP contribution in [0.25, 0.3) is 6.08 Å². The van der Waals surface area contributed by atoms with Crippen molar-refractivity contribution in [2.24, 2.45) is 4.99 Å². The van der Waals surface area contributed by atoms with Crippen molar-refractivity contribution in [2.75, 3.05) is 13.7 Å². The van der Waals surface area contributed by atoms with Gasteiger partial charge in [0.2, 0.25) is 0 Å². The molecule has 1 aliphatic rings. The van der Waals surface area contributed by atoms with E-state index in [1.54, 1.807) is 22.8 Å². The number of rotatable bonds is 8. The van der Waals surface area contributed by atoms with Gasteiger partial charge in [0.25, 0.3) is 5.56 Å². The molecule has 3 aromatic rings. The smallest absolute Gasteiger partial charge is 0.338 e. The number of hydrogen-bond donors (Lipinski definition) is 1. The molecule has 1 aromatic heterocycles. The first-order valence-corrected chi connectivity index (χ1v) is 12.5. The molecule has 0 bridgehead atoms. The zero-order chi connectivity index (χ0) is 25.8. The molecule has 1 aliphatic heterocycles. The second-order valence-corrected chi connectivity index (χ2v) is 9.16. The third-order valence-electron chi connectivity index (χ3n) is 5.90. The van der Waals surface area contributed by atoms with Gasteiger partial charge in [-0.05, 0) is 49.1 Å². The summed E-state index contributed by atoms with van der Waals surface area (Å²) in [6.45, 7) is 7.91. The molecule has 2 heterocycles. The Morgan fingerprint density at radius 3 is 2.64 bits per heavy atom. The number of benzene rings is 2. The van der Waals surface area contributed by atoms with Crippen LogP contribution < -0.4 is 19.6 Å². The van der Waals surface area contributed by atoms with Crippen molar-refractivity contribution in [2.45, 2.75) is 32.7 Å². The predicted molar refractivity (Wildman–Crippen MR) is 140 cm³/mol. The van der Waals surface area contributed by atoms with Crippen molar-refractivity contribution in [1.29, 1.82) is 0 Å². The van der Waals surface area contributed by atoms with E-state index in [2.05, 4.69) is 11.6 Å². The molecule has 0 fully saturated rings. The summed E-state index contributed by atoms with van der Waals surface area (Å²) in [5.41, 5.74) is 2.85. The van der Waals surface area contributed by atoms with Gasteiger partial charge in [-0.25, -0.2) is 9.79 Å². The number of aromatic nitrogens is 1. The first-order valence-electron chi connectivity index (χ1n) is 11.7. The molecule has 1 N–H and O–H groups in total. The van der Waals surface area contributed by atoms with Crippen molar-refractivity contribution < 1.29 is 19.4 Å². The van der Waals surface area contributed by atoms with Gasteiger partial charge in [-0.1, -0.05) is 54.7 Å². The Hall–Kier alpha value is -3.91. The Morgan fingerprint density at radius 2 is 2.00 bits per heavy atom. The van der Waals surface area contributed by atoms with Crippen molar-refractivity contribution >= 4 is 23.4 Å². The highest BCUT2D eigenvalue weighted by Gasteiger charge is 2.33. The summed E-state index contributed by atoms with van der Waals surface area (Å²) in [4.78, 5) is 31.8. The summed E-state index contributed by atoms with van der Waals surface area (Å²) >= 11 is 1.26. The van der Waals surface area contributed by atoms with Crippen LogP contribution in [0.3, 0.4) is 0 Å². The molecule has 0 saturated carbocycles. The summed E-state index contributed by atoms with van der Waals surface area (Å²) in [5, 5.41) is 10.5. The number of nitrogens with zero attached hydrogens (tertiary/aromatic N) is 2. The number of hydrogen-bond acceptors (Lipinski definition) is 7. The second kappa shape index (κ2) is 10.8. The number of thiazole rings is 1. The Morgan fingerprint density at radius 1 is 1.25 bits per heavy atom. The molecule has 36 heavy (non-hydrogen) atoms. The molecule has 0 amide bonds. The number of carbonyl (C=O) groups is 1. The number of esters is 1. The normalized spacial score (nSPS) is 15.3. The maximum atomic E-state index is 13.8. The number of allylic oxidation sites excluding steroid dienone is 2. The van der Waals surface area contributed by atoms with Crippen LogP contribution in [0.2, 0.25) is 0 Å². The van der Waals surface area contributed by atoms with Gasteiger partial charge in [-0.2, -0.15) is 0 Å². The van der Waals surface area contributed by atoms with Crippen LogP contribution in [0.1, 0.15) is 43.0 Å². The van der Waals surface area contributed by atoms with Crippen molar-refractivity contribution in [3.05, 3.63) is 103 Å². The van der Waals surface area contributed by atoms with Gasteiger partial charge >= 0.3 is 5.97 Å². The molecular weight excluding hydrogens is 476 g/mol. The van der Waals surface area contributed by atoms with Crippen LogP contribution in [0.5, 0.6) is 11.5 Å². The topological polar surface area (TPSA) is 90.1 Å². The maximum Gasteiger partial charge on any atom is 0.338 e. The molecule has 0 spiro atoms. The van der Waals surface area contributed by atoms with Gasteiger partial charge in [-0.15, -0.1) is 6.58 Å². The van der Waals surface area contributed by atoms with E-state index in [0.717, 1.165) is 5.56 Å². The molecule has 186 valence electrons.